The maximum absolute atomic E-state index is 9.74. The molecule has 0 bridgehead atoms. The predicted octanol–water partition coefficient (Wildman–Crippen LogP) is -0.688. The molecule has 78 valence electrons. The zero-order valence-electron chi connectivity index (χ0n) is 6.94. The number of amides is 2. The standard InChI is InChI=1S/CH5N2O5P.ClH.K.2H3N/c2-1(4)3-8-9(5,6)7;;;;/h(H3,2,3,4)(H2,5,6,7);1H;;2*1H3/q;;+1;;/p-1. The zero-order chi connectivity index (χ0) is 9.49. The molecule has 0 saturated carbocycles. The van der Waals surface area contributed by atoms with Crippen LogP contribution in [0.3, 0.4) is 0 Å². The molecule has 0 rings (SSSR count). The topological polar surface area (TPSA) is 192 Å². The number of hydroxylamine groups is 1. The quantitative estimate of drug-likeness (QED) is 0.216. The summed E-state index contributed by atoms with van der Waals surface area (Å²) in [5, 5.41) is 0. The van der Waals surface area contributed by atoms with Gasteiger partial charge >= 0.3 is 64.8 Å². The van der Waals surface area contributed by atoms with E-state index < -0.39 is 13.9 Å². The van der Waals surface area contributed by atoms with Crippen LogP contribution >= 0.6 is 11.6 Å². The number of rotatable bonds is 2. The van der Waals surface area contributed by atoms with Crippen molar-refractivity contribution in [2.45, 2.75) is 0 Å². The van der Waals surface area contributed by atoms with Crippen LogP contribution in [0.4, 0.5) is 4.79 Å². The first kappa shape index (κ1) is 23.8. The summed E-state index contributed by atoms with van der Waals surface area (Å²) < 4.78 is 18.0. The van der Waals surface area contributed by atoms with Crippen molar-refractivity contribution >= 4 is 64.8 Å². The van der Waals surface area contributed by atoms with Crippen molar-refractivity contribution in [1.82, 2.24) is 17.8 Å². The molecule has 0 aromatic heterocycles. The minimum absolute atomic E-state index is 0. The van der Waals surface area contributed by atoms with E-state index in [1.165, 1.54) is 5.48 Å². The number of carbonyl (C=O) groups excluding carboxylic acids is 1. The van der Waals surface area contributed by atoms with Gasteiger partial charge in [-0.2, -0.15) is 4.62 Å². The van der Waals surface area contributed by atoms with Gasteiger partial charge in [-0.15, -0.1) is 0 Å². The van der Waals surface area contributed by atoms with Crippen molar-refractivity contribution in [3.8, 4) is 0 Å². The van der Waals surface area contributed by atoms with Crippen LogP contribution in [-0.2, 0) is 9.19 Å². The van der Waals surface area contributed by atoms with Crippen LogP contribution in [0.5, 0.6) is 0 Å². The molecule has 0 radical (unpaired) electrons. The molecule has 11 N–H and O–H groups in total. The second-order valence-corrected chi connectivity index (χ2v) is 2.21. The molecule has 0 aliphatic heterocycles. The first-order valence-electron chi connectivity index (χ1n) is 2.09. The van der Waals surface area contributed by atoms with Crippen molar-refractivity contribution in [3.63, 3.8) is 0 Å². The van der Waals surface area contributed by atoms with E-state index in [1.54, 1.807) is 0 Å². The Morgan fingerprint density at radius 2 is 1.77 bits per heavy atom. The molecule has 0 spiro atoms. The summed E-state index contributed by atoms with van der Waals surface area (Å²) in [6.07, 6.45) is 0. The van der Waals surface area contributed by atoms with Gasteiger partial charge in [0, 0.05) is 0 Å². The molecule has 0 aromatic rings. The molecule has 9 nitrogen and oxygen atoms in total. The zero-order valence-corrected chi connectivity index (χ0v) is 11.7. The van der Waals surface area contributed by atoms with Crippen LogP contribution in [0.15, 0.2) is 0 Å². The van der Waals surface area contributed by atoms with Gasteiger partial charge in [-0.1, -0.05) is 0 Å². The summed E-state index contributed by atoms with van der Waals surface area (Å²) in [6, 6.07) is -1.17. The molecule has 0 heterocycles. The van der Waals surface area contributed by atoms with E-state index in [4.69, 9.17) is 13.6 Å². The number of hydrogen-bond acceptors (Lipinski definition) is 5. The molecular weight excluding hydrogens is 254 g/mol. The fourth-order valence-electron chi connectivity index (χ4n) is 0.104. The number of carbonyl (C=O) groups is 1. The molecule has 0 aliphatic rings. The van der Waals surface area contributed by atoms with Gasteiger partial charge in [-0.3, -0.25) is 0 Å². The van der Waals surface area contributed by atoms with Gasteiger partial charge in [-0.25, -0.2) is 14.8 Å². The summed E-state index contributed by atoms with van der Waals surface area (Å²) in [7, 11) is -4.63. The fourth-order valence-corrected chi connectivity index (χ4v) is 0.313. The Balaban J connectivity index is -0.0000000941. The van der Waals surface area contributed by atoms with Gasteiger partial charge in [0.05, 0.1) is 0 Å². The van der Waals surface area contributed by atoms with Crippen LogP contribution < -0.4 is 23.5 Å². The third-order valence-electron chi connectivity index (χ3n) is 0.265. The van der Waals surface area contributed by atoms with E-state index >= 15 is 0 Å². The SMILES string of the molecule is N.N.NC(=O)NOP(=O)(O)O.[Cl][K]. The Hall–Kier alpha value is 1.23. The molecule has 0 aromatic carbocycles. The number of urea groups is 1. The van der Waals surface area contributed by atoms with Crippen molar-refractivity contribution in [1.29, 1.82) is 0 Å². The second kappa shape index (κ2) is 13.2. The summed E-state index contributed by atoms with van der Waals surface area (Å²) in [5.41, 5.74) is 5.64. The van der Waals surface area contributed by atoms with Gasteiger partial charge < -0.3 is 27.8 Å². The maximum atomic E-state index is 9.74. The molecule has 12 heteroatoms. The Kier molecular flexibility index (Phi) is 24.2. The fraction of sp³-hybridized carbons (Fsp3) is 0. The van der Waals surface area contributed by atoms with E-state index in [1.807, 2.05) is 0 Å². The summed E-state index contributed by atoms with van der Waals surface area (Å²) in [5.74, 6) is 0. The number of nitrogens with two attached hydrogens (primary N) is 1. The Bertz CT molecular complexity index is 163. The minimum atomic E-state index is -4.63. The molecule has 0 atom stereocenters. The van der Waals surface area contributed by atoms with E-state index in [-0.39, 0.29) is 12.3 Å². The van der Waals surface area contributed by atoms with Crippen LogP contribution in [0, 0.1) is 0 Å². The monoisotopic (exact) mass is 264 g/mol. The second-order valence-electron chi connectivity index (χ2n) is 1.05. The van der Waals surface area contributed by atoms with Crippen LogP contribution in [-0.4, -0.2) is 63.0 Å². The normalized spacial score (nSPS) is 8.08. The summed E-state index contributed by atoms with van der Waals surface area (Å²) >= 11 is 0.535. The van der Waals surface area contributed by atoms with Crippen molar-refractivity contribution in [2.75, 3.05) is 0 Å². The number of phosphoric acid groups is 1. The van der Waals surface area contributed by atoms with Crippen molar-refractivity contribution in [2.24, 2.45) is 5.73 Å². The molecule has 2 amide bonds. The Morgan fingerprint density at radius 3 is 1.85 bits per heavy atom. The molecule has 13 heavy (non-hydrogen) atoms. The number of halogens is 1. The summed E-state index contributed by atoms with van der Waals surface area (Å²) in [4.78, 5) is 25.5. The molecule has 0 fully saturated rings. The van der Waals surface area contributed by atoms with Crippen molar-refractivity contribution in [3.05, 3.63) is 0 Å². The van der Waals surface area contributed by atoms with E-state index in [9.17, 15) is 9.36 Å². The van der Waals surface area contributed by atoms with E-state index in [0.29, 0.717) is 47.1 Å². The third-order valence-corrected chi connectivity index (χ3v) is 0.594. The average molecular weight is 265 g/mol. The molecular formula is CH11ClKN4O5P. The van der Waals surface area contributed by atoms with Gasteiger partial charge in [0.1, 0.15) is 0 Å². The molecule has 0 saturated heterocycles. The van der Waals surface area contributed by atoms with E-state index in [2.05, 4.69) is 10.4 Å². The van der Waals surface area contributed by atoms with Crippen LogP contribution in [0.2, 0.25) is 0 Å². The predicted molar refractivity (Wildman–Crippen MR) is 47.5 cm³/mol. The van der Waals surface area contributed by atoms with E-state index in [0.717, 1.165) is 0 Å². The van der Waals surface area contributed by atoms with Gasteiger partial charge in [0.25, 0.3) is 0 Å². The van der Waals surface area contributed by atoms with Crippen molar-refractivity contribution < 1.29 is 23.8 Å². The summed E-state index contributed by atoms with van der Waals surface area (Å²) in [6.45, 7) is 0. The van der Waals surface area contributed by atoms with Gasteiger partial charge in [0.15, 0.2) is 0 Å². The Labute approximate surface area is 110 Å². The molecule has 0 unspecified atom stereocenters. The number of hydrogen-bond donors (Lipinski definition) is 6. The van der Waals surface area contributed by atoms with Crippen LogP contribution in [0.25, 0.3) is 0 Å². The first-order valence-corrected chi connectivity index (χ1v) is 7.92. The Morgan fingerprint density at radius 1 is 1.46 bits per heavy atom. The number of primary amides is 1. The van der Waals surface area contributed by atoms with Gasteiger partial charge in [-0.05, 0) is 0 Å². The average Bonchev–Trinajstić information content (AvgIpc) is 1.87. The van der Waals surface area contributed by atoms with Crippen LogP contribution in [0.1, 0.15) is 0 Å². The molecule has 0 aliphatic carbocycles. The number of nitrogens with one attached hydrogen (secondary N) is 1. The third kappa shape index (κ3) is 31.9. The van der Waals surface area contributed by atoms with Gasteiger partial charge in [0.2, 0.25) is 0 Å². The first-order chi connectivity index (χ1) is 4.92.